The van der Waals surface area contributed by atoms with Gasteiger partial charge in [-0.2, -0.15) is 0 Å². The topological polar surface area (TPSA) is 54.5 Å². The van der Waals surface area contributed by atoms with E-state index in [0.717, 1.165) is 34.5 Å². The summed E-state index contributed by atoms with van der Waals surface area (Å²) >= 11 is 0. The first-order valence-corrected chi connectivity index (χ1v) is 7.27. The third-order valence-corrected chi connectivity index (χ3v) is 3.61. The first-order valence-electron chi connectivity index (χ1n) is 7.27. The highest BCUT2D eigenvalue weighted by Gasteiger charge is 2.02. The number of fused-ring (bicyclic) bond motifs is 1. The van der Waals surface area contributed by atoms with Crippen molar-refractivity contribution >= 4 is 10.9 Å². The van der Waals surface area contributed by atoms with E-state index >= 15 is 0 Å². The summed E-state index contributed by atoms with van der Waals surface area (Å²) in [7, 11) is 1.64. The lowest BCUT2D eigenvalue weighted by atomic mass is 10.1. The Hall–Kier alpha value is -2.46. The zero-order chi connectivity index (χ0) is 15.4. The van der Waals surface area contributed by atoms with Gasteiger partial charge in [0, 0.05) is 29.1 Å². The molecule has 0 aliphatic rings. The molecule has 2 N–H and O–H groups in total. The molecule has 0 fully saturated rings. The summed E-state index contributed by atoms with van der Waals surface area (Å²) in [4.78, 5) is 3.17. The summed E-state index contributed by atoms with van der Waals surface area (Å²) in [6.07, 6.45) is 0.826. The molecule has 114 valence electrons. The summed E-state index contributed by atoms with van der Waals surface area (Å²) < 4.78 is 10.9. The van der Waals surface area contributed by atoms with E-state index in [1.54, 1.807) is 7.11 Å². The van der Waals surface area contributed by atoms with E-state index in [0.29, 0.717) is 6.61 Å². The van der Waals surface area contributed by atoms with Crippen molar-refractivity contribution in [3.8, 4) is 11.5 Å². The number of benzene rings is 2. The zero-order valence-corrected chi connectivity index (χ0v) is 12.5. The van der Waals surface area contributed by atoms with Crippen molar-refractivity contribution in [2.45, 2.75) is 13.0 Å². The molecule has 4 nitrogen and oxygen atoms in total. The van der Waals surface area contributed by atoms with Gasteiger partial charge >= 0.3 is 0 Å². The van der Waals surface area contributed by atoms with Crippen LogP contribution in [0, 0.1) is 0 Å². The van der Waals surface area contributed by atoms with E-state index in [9.17, 15) is 0 Å². The SMILES string of the molecule is COc1cccc(OCCc2ccc3[nH]c(CO)cc3c2)c1. The standard InChI is InChI=1S/C18H19NO3/c1-21-16-3-2-4-17(11-16)22-8-7-13-5-6-18-14(9-13)10-15(12-20)19-18/h2-6,9-11,19-20H,7-8,12H2,1H3. The van der Waals surface area contributed by atoms with Gasteiger partial charge in [-0.15, -0.1) is 0 Å². The second kappa shape index (κ2) is 6.54. The van der Waals surface area contributed by atoms with Crippen LogP contribution in [0.4, 0.5) is 0 Å². The van der Waals surface area contributed by atoms with Crippen LogP contribution in [0.3, 0.4) is 0 Å². The van der Waals surface area contributed by atoms with Gasteiger partial charge in [-0.3, -0.25) is 0 Å². The Morgan fingerprint density at radius 2 is 1.91 bits per heavy atom. The summed E-state index contributed by atoms with van der Waals surface area (Å²) in [6.45, 7) is 0.638. The fourth-order valence-electron chi connectivity index (χ4n) is 2.46. The molecular formula is C18H19NO3. The number of H-pyrrole nitrogens is 1. The predicted octanol–water partition coefficient (Wildman–Crippen LogP) is 3.29. The summed E-state index contributed by atoms with van der Waals surface area (Å²) in [6, 6.07) is 15.8. The first kappa shape index (κ1) is 14.5. The number of methoxy groups -OCH3 is 1. The fraction of sp³-hybridized carbons (Fsp3) is 0.222. The van der Waals surface area contributed by atoms with Crippen LogP contribution in [0.5, 0.6) is 11.5 Å². The third-order valence-electron chi connectivity index (χ3n) is 3.61. The van der Waals surface area contributed by atoms with Crippen LogP contribution in [0.2, 0.25) is 0 Å². The van der Waals surface area contributed by atoms with Crippen molar-refractivity contribution in [1.29, 1.82) is 0 Å². The molecule has 0 aliphatic heterocycles. The number of aromatic nitrogens is 1. The molecule has 0 aliphatic carbocycles. The molecule has 3 aromatic rings. The number of hydrogen-bond donors (Lipinski definition) is 2. The van der Waals surface area contributed by atoms with Crippen LogP contribution in [0.1, 0.15) is 11.3 Å². The van der Waals surface area contributed by atoms with Gasteiger partial charge in [0.2, 0.25) is 0 Å². The fourth-order valence-corrected chi connectivity index (χ4v) is 2.46. The summed E-state index contributed by atoms with van der Waals surface area (Å²) in [5, 5.41) is 10.3. The highest BCUT2D eigenvalue weighted by atomic mass is 16.5. The molecule has 0 bridgehead atoms. The Morgan fingerprint density at radius 1 is 1.05 bits per heavy atom. The molecular weight excluding hydrogens is 278 g/mol. The predicted molar refractivity (Wildman–Crippen MR) is 86.4 cm³/mol. The zero-order valence-electron chi connectivity index (χ0n) is 12.5. The molecule has 22 heavy (non-hydrogen) atoms. The van der Waals surface area contributed by atoms with Gasteiger partial charge in [0.05, 0.1) is 20.3 Å². The Morgan fingerprint density at radius 3 is 2.73 bits per heavy atom. The van der Waals surface area contributed by atoms with Crippen LogP contribution in [-0.4, -0.2) is 23.8 Å². The molecule has 0 unspecified atom stereocenters. The van der Waals surface area contributed by atoms with Crippen LogP contribution >= 0.6 is 0 Å². The number of aliphatic hydroxyl groups is 1. The largest absolute Gasteiger partial charge is 0.497 e. The number of hydrogen-bond acceptors (Lipinski definition) is 3. The van der Waals surface area contributed by atoms with Gasteiger partial charge in [-0.25, -0.2) is 0 Å². The molecule has 0 spiro atoms. The number of aromatic amines is 1. The minimum Gasteiger partial charge on any atom is -0.497 e. The lowest BCUT2D eigenvalue weighted by molar-refractivity contribution is 0.278. The van der Waals surface area contributed by atoms with Gasteiger partial charge in [-0.05, 0) is 35.9 Å². The number of ether oxygens (including phenoxy) is 2. The van der Waals surface area contributed by atoms with Crippen molar-refractivity contribution in [3.05, 3.63) is 59.8 Å². The highest BCUT2D eigenvalue weighted by molar-refractivity contribution is 5.81. The average molecular weight is 297 g/mol. The van der Waals surface area contributed by atoms with Gasteiger partial charge in [0.25, 0.3) is 0 Å². The second-order valence-electron chi connectivity index (χ2n) is 5.15. The molecule has 2 aromatic carbocycles. The lowest BCUT2D eigenvalue weighted by Gasteiger charge is -2.08. The van der Waals surface area contributed by atoms with Crippen molar-refractivity contribution in [3.63, 3.8) is 0 Å². The monoisotopic (exact) mass is 297 g/mol. The van der Waals surface area contributed by atoms with E-state index in [1.807, 2.05) is 36.4 Å². The summed E-state index contributed by atoms with van der Waals surface area (Å²) in [5.41, 5.74) is 3.08. The molecule has 0 saturated carbocycles. The van der Waals surface area contributed by atoms with Crippen LogP contribution in [-0.2, 0) is 13.0 Å². The lowest BCUT2D eigenvalue weighted by Crippen LogP contribution is -2.01. The Balaban J connectivity index is 1.63. The van der Waals surface area contributed by atoms with E-state index in [4.69, 9.17) is 14.6 Å². The maximum Gasteiger partial charge on any atom is 0.122 e. The normalized spacial score (nSPS) is 10.8. The van der Waals surface area contributed by atoms with Crippen LogP contribution < -0.4 is 9.47 Å². The maximum atomic E-state index is 9.16. The van der Waals surface area contributed by atoms with Crippen molar-refractivity contribution in [2.75, 3.05) is 13.7 Å². The molecule has 0 atom stereocenters. The van der Waals surface area contributed by atoms with Crippen molar-refractivity contribution in [1.82, 2.24) is 4.98 Å². The van der Waals surface area contributed by atoms with Crippen LogP contribution in [0.15, 0.2) is 48.5 Å². The minimum absolute atomic E-state index is 0.0307. The molecule has 0 saturated heterocycles. The molecule has 4 heteroatoms. The Bertz CT molecular complexity index is 764. The number of nitrogens with one attached hydrogen (secondary N) is 1. The third kappa shape index (κ3) is 3.23. The van der Waals surface area contributed by atoms with Crippen LogP contribution in [0.25, 0.3) is 10.9 Å². The van der Waals surface area contributed by atoms with Crippen molar-refractivity contribution < 1.29 is 14.6 Å². The summed E-state index contributed by atoms with van der Waals surface area (Å²) in [5.74, 6) is 1.60. The first-order chi connectivity index (χ1) is 10.8. The van der Waals surface area contributed by atoms with Gasteiger partial charge in [-0.1, -0.05) is 12.1 Å². The maximum absolute atomic E-state index is 9.16. The minimum atomic E-state index is 0.0307. The van der Waals surface area contributed by atoms with E-state index < -0.39 is 0 Å². The van der Waals surface area contributed by atoms with E-state index in [2.05, 4.69) is 17.1 Å². The van der Waals surface area contributed by atoms with E-state index in [1.165, 1.54) is 5.56 Å². The van der Waals surface area contributed by atoms with Gasteiger partial charge in [0.1, 0.15) is 11.5 Å². The molecule has 1 aromatic heterocycles. The van der Waals surface area contributed by atoms with Gasteiger partial charge in [0.15, 0.2) is 0 Å². The van der Waals surface area contributed by atoms with Crippen molar-refractivity contribution in [2.24, 2.45) is 0 Å². The molecule has 0 radical (unpaired) electrons. The molecule has 0 amide bonds. The Labute approximate surface area is 129 Å². The van der Waals surface area contributed by atoms with Gasteiger partial charge < -0.3 is 19.6 Å². The second-order valence-corrected chi connectivity index (χ2v) is 5.15. The van der Waals surface area contributed by atoms with E-state index in [-0.39, 0.29) is 6.61 Å². The number of rotatable bonds is 6. The Kier molecular flexibility index (Phi) is 4.30. The number of aliphatic hydroxyl groups excluding tert-OH is 1. The quantitative estimate of drug-likeness (QED) is 0.734. The smallest absolute Gasteiger partial charge is 0.122 e. The molecule has 1 heterocycles. The average Bonchev–Trinajstić information content (AvgIpc) is 2.97. The molecule has 3 rings (SSSR count). The highest BCUT2D eigenvalue weighted by Crippen LogP contribution is 2.20.